The van der Waals surface area contributed by atoms with Crippen LogP contribution in [0.3, 0.4) is 0 Å². The van der Waals surface area contributed by atoms with Gasteiger partial charge in [-0.1, -0.05) is 0 Å². The second kappa shape index (κ2) is 5.23. The quantitative estimate of drug-likeness (QED) is 0.858. The number of ether oxygens (including phenoxy) is 2. The van der Waals surface area contributed by atoms with Gasteiger partial charge in [0.25, 0.3) is 0 Å². The molecule has 0 spiro atoms. The topological polar surface area (TPSA) is 72.8 Å². The third-order valence-electron chi connectivity index (χ3n) is 6.10. The molecular weight excluding hydrogens is 308 g/mol. The van der Waals surface area contributed by atoms with E-state index in [1.807, 2.05) is 0 Å². The van der Waals surface area contributed by atoms with Crippen LogP contribution in [0.15, 0.2) is 24.3 Å². The van der Waals surface area contributed by atoms with E-state index in [-0.39, 0.29) is 5.97 Å². The van der Waals surface area contributed by atoms with Crippen LogP contribution in [0.5, 0.6) is 5.75 Å². The van der Waals surface area contributed by atoms with E-state index in [0.717, 1.165) is 32.1 Å². The Morgan fingerprint density at radius 2 is 1.71 bits per heavy atom. The molecule has 1 aromatic carbocycles. The maximum atomic E-state index is 12.6. The number of carbonyl (C=O) groups is 2. The number of esters is 1. The molecule has 2 unspecified atom stereocenters. The first kappa shape index (κ1) is 15.5. The van der Waals surface area contributed by atoms with Crippen LogP contribution in [-0.4, -0.2) is 29.8 Å². The Balaban J connectivity index is 1.57. The maximum Gasteiger partial charge on any atom is 0.338 e. The van der Waals surface area contributed by atoms with E-state index < -0.39 is 17.0 Å². The SMILES string of the molecule is COc1ccc(C(=O)OC23CC4CC(C2)CC(C(=O)O)(C4)C3)cc1. The Hall–Kier alpha value is -2.04. The minimum Gasteiger partial charge on any atom is -0.497 e. The molecule has 4 aliphatic carbocycles. The van der Waals surface area contributed by atoms with Crippen molar-refractivity contribution in [1.29, 1.82) is 0 Å². The fraction of sp³-hybridized carbons (Fsp3) is 0.579. The van der Waals surface area contributed by atoms with E-state index in [0.29, 0.717) is 29.6 Å². The smallest absolute Gasteiger partial charge is 0.338 e. The highest BCUT2D eigenvalue weighted by Gasteiger charge is 2.62. The molecule has 0 heterocycles. The fourth-order valence-corrected chi connectivity index (χ4v) is 5.53. The maximum absolute atomic E-state index is 12.6. The van der Waals surface area contributed by atoms with E-state index in [9.17, 15) is 14.7 Å². The van der Waals surface area contributed by atoms with E-state index in [2.05, 4.69) is 0 Å². The molecule has 5 rings (SSSR count). The molecular formula is C19H22O5. The van der Waals surface area contributed by atoms with Gasteiger partial charge in [-0.3, -0.25) is 4.79 Å². The molecule has 1 aromatic rings. The lowest BCUT2D eigenvalue weighted by Gasteiger charge is -2.59. The third kappa shape index (κ3) is 2.38. The highest BCUT2D eigenvalue weighted by molar-refractivity contribution is 5.90. The van der Waals surface area contributed by atoms with Crippen LogP contribution in [0.25, 0.3) is 0 Å². The van der Waals surface area contributed by atoms with Crippen molar-refractivity contribution in [2.75, 3.05) is 7.11 Å². The summed E-state index contributed by atoms with van der Waals surface area (Å²) in [4.78, 5) is 24.5. The summed E-state index contributed by atoms with van der Waals surface area (Å²) in [5.41, 5.74) is -0.806. The molecule has 4 bridgehead atoms. The average Bonchev–Trinajstić information content (AvgIpc) is 2.53. The van der Waals surface area contributed by atoms with Crippen molar-refractivity contribution in [3.05, 3.63) is 29.8 Å². The van der Waals surface area contributed by atoms with Crippen molar-refractivity contribution < 1.29 is 24.2 Å². The van der Waals surface area contributed by atoms with Crippen LogP contribution < -0.4 is 4.74 Å². The van der Waals surface area contributed by atoms with E-state index in [1.165, 1.54) is 0 Å². The summed E-state index contributed by atoms with van der Waals surface area (Å²) in [5.74, 6) is 0.338. The van der Waals surface area contributed by atoms with Crippen LogP contribution in [0.4, 0.5) is 0 Å². The van der Waals surface area contributed by atoms with Crippen molar-refractivity contribution in [2.45, 2.75) is 44.1 Å². The first-order valence-electron chi connectivity index (χ1n) is 8.54. The van der Waals surface area contributed by atoms with Crippen LogP contribution in [0.1, 0.15) is 48.9 Å². The number of carboxylic acid groups (broad SMARTS) is 1. The Morgan fingerprint density at radius 1 is 1.08 bits per heavy atom. The zero-order chi connectivity index (χ0) is 16.9. The number of rotatable bonds is 4. The molecule has 0 saturated heterocycles. The summed E-state index contributed by atoms with van der Waals surface area (Å²) in [6.45, 7) is 0. The monoisotopic (exact) mass is 330 g/mol. The third-order valence-corrected chi connectivity index (χ3v) is 6.10. The van der Waals surface area contributed by atoms with Crippen LogP contribution in [0.2, 0.25) is 0 Å². The largest absolute Gasteiger partial charge is 0.497 e. The van der Waals surface area contributed by atoms with Crippen molar-refractivity contribution >= 4 is 11.9 Å². The summed E-state index contributed by atoms with van der Waals surface area (Å²) < 4.78 is 11.0. The highest BCUT2D eigenvalue weighted by Crippen LogP contribution is 2.63. The van der Waals surface area contributed by atoms with Gasteiger partial charge in [-0.05, 0) is 68.2 Å². The molecule has 0 amide bonds. The van der Waals surface area contributed by atoms with Crippen LogP contribution in [-0.2, 0) is 9.53 Å². The summed E-state index contributed by atoms with van der Waals surface area (Å²) in [6.07, 6.45) is 4.63. The van der Waals surface area contributed by atoms with Crippen molar-refractivity contribution in [3.63, 3.8) is 0 Å². The zero-order valence-corrected chi connectivity index (χ0v) is 13.8. The molecule has 0 aliphatic heterocycles. The van der Waals surface area contributed by atoms with Gasteiger partial charge in [0.05, 0.1) is 18.1 Å². The number of carboxylic acids is 1. The van der Waals surface area contributed by atoms with Crippen molar-refractivity contribution in [2.24, 2.45) is 17.3 Å². The van der Waals surface area contributed by atoms with Gasteiger partial charge in [-0.15, -0.1) is 0 Å². The standard InChI is InChI=1S/C19H22O5/c1-23-15-4-2-14(3-5-15)16(20)24-19-9-12-6-13(10-19)8-18(7-12,11-19)17(21)22/h2-5,12-13H,6-11H2,1H3,(H,21,22). The minimum absolute atomic E-state index is 0.361. The molecule has 0 radical (unpaired) electrons. The average molecular weight is 330 g/mol. The van der Waals surface area contributed by atoms with Gasteiger partial charge in [0.2, 0.25) is 0 Å². The van der Waals surface area contributed by atoms with Crippen molar-refractivity contribution in [1.82, 2.24) is 0 Å². The Kier molecular flexibility index (Phi) is 3.37. The van der Waals surface area contributed by atoms with Gasteiger partial charge in [-0.25, -0.2) is 4.79 Å². The lowest BCUT2D eigenvalue weighted by Crippen LogP contribution is -2.59. The molecule has 1 N–H and O–H groups in total. The first-order valence-corrected chi connectivity index (χ1v) is 8.54. The molecule has 128 valence electrons. The Labute approximate surface area is 141 Å². The molecule has 5 nitrogen and oxygen atoms in total. The van der Waals surface area contributed by atoms with Gasteiger partial charge in [0.1, 0.15) is 11.4 Å². The van der Waals surface area contributed by atoms with Gasteiger partial charge < -0.3 is 14.6 Å². The number of hydrogen-bond acceptors (Lipinski definition) is 4. The lowest BCUT2D eigenvalue weighted by molar-refractivity contribution is -0.192. The second-order valence-corrected chi connectivity index (χ2v) is 7.85. The lowest BCUT2D eigenvalue weighted by atomic mass is 9.48. The van der Waals surface area contributed by atoms with E-state index >= 15 is 0 Å². The molecule has 4 fully saturated rings. The predicted molar refractivity (Wildman–Crippen MR) is 85.9 cm³/mol. The molecule has 24 heavy (non-hydrogen) atoms. The van der Waals surface area contributed by atoms with E-state index in [4.69, 9.17) is 9.47 Å². The molecule has 5 heteroatoms. The molecule has 4 aliphatic rings. The van der Waals surface area contributed by atoms with E-state index in [1.54, 1.807) is 31.4 Å². The fourth-order valence-electron chi connectivity index (χ4n) is 5.53. The van der Waals surface area contributed by atoms with Gasteiger partial charge in [0, 0.05) is 6.42 Å². The highest BCUT2D eigenvalue weighted by atomic mass is 16.6. The number of methoxy groups -OCH3 is 1. The second-order valence-electron chi connectivity index (χ2n) is 7.85. The first-order chi connectivity index (χ1) is 11.4. The number of carbonyl (C=O) groups excluding carboxylic acids is 1. The number of benzene rings is 1. The molecule has 0 aromatic heterocycles. The van der Waals surface area contributed by atoms with Crippen LogP contribution in [0, 0.1) is 17.3 Å². The Bertz CT molecular complexity index is 664. The summed E-state index contributed by atoms with van der Waals surface area (Å²) >= 11 is 0. The summed E-state index contributed by atoms with van der Waals surface area (Å²) in [6, 6.07) is 6.84. The number of hydrogen-bond donors (Lipinski definition) is 1. The molecule has 2 atom stereocenters. The normalized spacial score (nSPS) is 36.4. The van der Waals surface area contributed by atoms with Gasteiger partial charge in [0.15, 0.2) is 0 Å². The van der Waals surface area contributed by atoms with Gasteiger partial charge >= 0.3 is 11.9 Å². The van der Waals surface area contributed by atoms with Crippen LogP contribution >= 0.6 is 0 Å². The predicted octanol–water partition coefficient (Wildman–Crippen LogP) is 3.28. The molecule has 4 saturated carbocycles. The Morgan fingerprint density at radius 3 is 2.25 bits per heavy atom. The van der Waals surface area contributed by atoms with Gasteiger partial charge in [-0.2, -0.15) is 0 Å². The van der Waals surface area contributed by atoms with Crippen molar-refractivity contribution in [3.8, 4) is 5.75 Å². The number of aliphatic carboxylic acids is 1. The minimum atomic E-state index is -0.721. The summed E-state index contributed by atoms with van der Waals surface area (Å²) in [5, 5.41) is 9.75. The summed E-state index contributed by atoms with van der Waals surface area (Å²) in [7, 11) is 1.58. The zero-order valence-electron chi connectivity index (χ0n) is 13.8.